The van der Waals surface area contributed by atoms with Gasteiger partial charge in [0.05, 0.1) is 9.50 Å². The van der Waals surface area contributed by atoms with Crippen LogP contribution < -0.4 is 0 Å². The Labute approximate surface area is 77.9 Å². The monoisotopic (exact) mass is 230 g/mol. The molecule has 0 N–H and O–H groups in total. The van der Waals surface area contributed by atoms with Crippen molar-refractivity contribution in [1.29, 1.82) is 5.26 Å². The molecule has 0 saturated carbocycles. The van der Waals surface area contributed by atoms with Crippen LogP contribution in [0.3, 0.4) is 0 Å². The quantitative estimate of drug-likeness (QED) is 0.688. The maximum absolute atomic E-state index is 8.57. The maximum Gasteiger partial charge on any atom is 0.156 e. The molecule has 0 amide bonds. The van der Waals surface area contributed by atoms with Gasteiger partial charge in [0.25, 0.3) is 0 Å². The number of rotatable bonds is 0. The van der Waals surface area contributed by atoms with Crippen molar-refractivity contribution in [2.75, 3.05) is 0 Å². The Hall–Kier alpha value is -0.590. The van der Waals surface area contributed by atoms with Gasteiger partial charge in [0.2, 0.25) is 0 Å². The first kappa shape index (κ1) is 8.51. The second kappa shape index (κ2) is 3.21. The molecule has 0 aliphatic carbocycles. The molecule has 1 rings (SSSR count). The van der Waals surface area contributed by atoms with E-state index in [9.17, 15) is 0 Å². The average molecular weight is 231 g/mol. The molecule has 0 aliphatic heterocycles. The van der Waals surface area contributed by atoms with Crippen LogP contribution in [0, 0.1) is 18.3 Å². The van der Waals surface area contributed by atoms with E-state index in [0.29, 0.717) is 15.2 Å². The predicted octanol–water partition coefficient (Wildman–Crippen LogP) is 2.68. The Bertz CT molecular complexity index is 330. The number of pyridine rings is 1. The van der Waals surface area contributed by atoms with Crippen LogP contribution in [0.4, 0.5) is 0 Å². The highest BCUT2D eigenvalue weighted by Gasteiger charge is 2.05. The first-order chi connectivity index (χ1) is 5.15. The number of hydrogen-bond donors (Lipinski definition) is 0. The lowest BCUT2D eigenvalue weighted by Gasteiger charge is -1.98. The molecule has 0 spiro atoms. The van der Waals surface area contributed by atoms with Crippen molar-refractivity contribution in [2.45, 2.75) is 6.92 Å². The molecule has 0 atom stereocenters. The molecule has 0 saturated heterocycles. The third-order valence-corrected chi connectivity index (χ3v) is 2.48. The smallest absolute Gasteiger partial charge is 0.156 e. The molecular weight excluding hydrogens is 227 g/mol. The van der Waals surface area contributed by atoms with Crippen LogP contribution in [-0.4, -0.2) is 4.98 Å². The minimum atomic E-state index is 0.329. The van der Waals surface area contributed by atoms with Crippen LogP contribution >= 0.6 is 27.5 Å². The Morgan fingerprint density at radius 2 is 2.36 bits per heavy atom. The number of nitriles is 1. The van der Waals surface area contributed by atoms with Gasteiger partial charge in [-0.1, -0.05) is 11.6 Å². The van der Waals surface area contributed by atoms with Crippen LogP contribution in [-0.2, 0) is 0 Å². The van der Waals surface area contributed by atoms with Gasteiger partial charge in [-0.2, -0.15) is 5.26 Å². The molecule has 0 unspecified atom stereocenters. The van der Waals surface area contributed by atoms with E-state index in [1.807, 2.05) is 6.07 Å². The van der Waals surface area contributed by atoms with Crippen molar-refractivity contribution in [1.82, 2.24) is 4.98 Å². The van der Waals surface area contributed by atoms with Gasteiger partial charge in [-0.3, -0.25) is 0 Å². The van der Waals surface area contributed by atoms with Crippen LogP contribution in [0.5, 0.6) is 0 Å². The number of aryl methyl sites for hydroxylation is 1. The van der Waals surface area contributed by atoms with Gasteiger partial charge in [-0.05, 0) is 28.9 Å². The zero-order valence-corrected chi connectivity index (χ0v) is 8.07. The summed E-state index contributed by atoms with van der Waals surface area (Å²) in [5.41, 5.74) is 1.07. The third-order valence-electron chi connectivity index (χ3n) is 1.15. The minimum Gasteiger partial charge on any atom is -0.241 e. The number of hydrogen-bond acceptors (Lipinski definition) is 2. The summed E-state index contributed by atoms with van der Waals surface area (Å²) in [6.45, 7) is 1.79. The van der Waals surface area contributed by atoms with Crippen LogP contribution in [0.1, 0.15) is 11.4 Å². The lowest BCUT2D eigenvalue weighted by atomic mass is 10.3. The molecule has 4 heteroatoms. The maximum atomic E-state index is 8.57. The Morgan fingerprint density at radius 1 is 1.73 bits per heavy atom. The summed E-state index contributed by atoms with van der Waals surface area (Å²) < 4.78 is 0.562. The molecule has 0 bridgehead atoms. The summed E-state index contributed by atoms with van der Waals surface area (Å²) >= 11 is 8.92. The van der Waals surface area contributed by atoms with Crippen LogP contribution in [0.2, 0.25) is 5.02 Å². The van der Waals surface area contributed by atoms with Gasteiger partial charge in [-0.25, -0.2) is 4.98 Å². The van der Waals surface area contributed by atoms with Gasteiger partial charge in [0, 0.05) is 5.69 Å². The van der Waals surface area contributed by atoms with Crippen molar-refractivity contribution < 1.29 is 0 Å². The van der Waals surface area contributed by atoms with Crippen molar-refractivity contribution in [3.63, 3.8) is 0 Å². The molecule has 1 aromatic rings. The van der Waals surface area contributed by atoms with Crippen molar-refractivity contribution in [2.24, 2.45) is 0 Å². The second-order valence-electron chi connectivity index (χ2n) is 2.02. The molecule has 0 aliphatic rings. The zero-order valence-electron chi connectivity index (χ0n) is 5.73. The molecule has 0 fully saturated rings. The van der Waals surface area contributed by atoms with E-state index >= 15 is 0 Å². The van der Waals surface area contributed by atoms with Crippen molar-refractivity contribution >= 4 is 27.5 Å². The Balaban J connectivity index is 3.39. The summed E-state index contributed by atoms with van der Waals surface area (Å²) in [7, 11) is 0. The normalized spacial score (nSPS) is 9.27. The summed E-state index contributed by atoms with van der Waals surface area (Å²) in [6, 6.07) is 3.64. The highest BCUT2D eigenvalue weighted by molar-refractivity contribution is 9.10. The summed E-state index contributed by atoms with van der Waals surface area (Å²) in [5.74, 6) is 0. The first-order valence-electron chi connectivity index (χ1n) is 2.88. The van der Waals surface area contributed by atoms with Gasteiger partial charge in [0.15, 0.2) is 5.69 Å². The molecule has 1 heterocycles. The molecule has 1 aromatic heterocycles. The predicted molar refractivity (Wildman–Crippen MR) is 46.4 cm³/mol. The standard InChI is InChI=1S/C7H4BrClN2/c1-4-2-5(9)7(8)6(3-10)11-4/h2H,1H3. The van der Waals surface area contributed by atoms with Crippen molar-refractivity contribution in [3.8, 4) is 6.07 Å². The van der Waals surface area contributed by atoms with Gasteiger partial charge in [0.1, 0.15) is 6.07 Å². The fourth-order valence-electron chi connectivity index (χ4n) is 0.692. The molecule has 56 valence electrons. The van der Waals surface area contributed by atoms with E-state index < -0.39 is 0 Å². The largest absolute Gasteiger partial charge is 0.241 e. The van der Waals surface area contributed by atoms with E-state index in [2.05, 4.69) is 20.9 Å². The fraction of sp³-hybridized carbons (Fsp3) is 0.143. The highest BCUT2D eigenvalue weighted by Crippen LogP contribution is 2.24. The Kier molecular flexibility index (Phi) is 2.48. The topological polar surface area (TPSA) is 36.7 Å². The molecular formula is C7H4BrClN2. The van der Waals surface area contributed by atoms with Gasteiger partial charge >= 0.3 is 0 Å². The lowest BCUT2D eigenvalue weighted by Crippen LogP contribution is -1.88. The fourth-order valence-corrected chi connectivity index (χ4v) is 1.23. The minimum absolute atomic E-state index is 0.329. The second-order valence-corrected chi connectivity index (χ2v) is 3.22. The van der Waals surface area contributed by atoms with Gasteiger partial charge < -0.3 is 0 Å². The first-order valence-corrected chi connectivity index (χ1v) is 4.05. The third kappa shape index (κ3) is 1.70. The van der Waals surface area contributed by atoms with E-state index in [-0.39, 0.29) is 0 Å². The Morgan fingerprint density at radius 3 is 2.91 bits per heavy atom. The molecule has 2 nitrogen and oxygen atoms in total. The van der Waals surface area contributed by atoms with Crippen LogP contribution in [0.15, 0.2) is 10.5 Å². The van der Waals surface area contributed by atoms with Crippen LogP contribution in [0.25, 0.3) is 0 Å². The number of aromatic nitrogens is 1. The SMILES string of the molecule is Cc1cc(Cl)c(Br)c(C#N)n1. The molecule has 0 aromatic carbocycles. The van der Waals surface area contributed by atoms with Crippen molar-refractivity contribution in [3.05, 3.63) is 26.9 Å². The van der Waals surface area contributed by atoms with E-state index in [4.69, 9.17) is 16.9 Å². The zero-order chi connectivity index (χ0) is 8.43. The average Bonchev–Trinajstić information content (AvgIpc) is 1.96. The van der Waals surface area contributed by atoms with E-state index in [0.717, 1.165) is 5.69 Å². The highest BCUT2D eigenvalue weighted by atomic mass is 79.9. The number of nitrogens with zero attached hydrogens (tertiary/aromatic N) is 2. The lowest BCUT2D eigenvalue weighted by molar-refractivity contribution is 1.15. The number of halogens is 2. The summed E-state index contributed by atoms with van der Waals surface area (Å²) in [4.78, 5) is 3.96. The van der Waals surface area contributed by atoms with E-state index in [1.54, 1.807) is 13.0 Å². The summed E-state index contributed by atoms with van der Waals surface area (Å²) in [5, 5.41) is 9.09. The van der Waals surface area contributed by atoms with Gasteiger partial charge in [-0.15, -0.1) is 0 Å². The molecule has 11 heavy (non-hydrogen) atoms. The summed E-state index contributed by atoms with van der Waals surface area (Å²) in [6.07, 6.45) is 0. The molecule has 0 radical (unpaired) electrons. The van der Waals surface area contributed by atoms with E-state index in [1.165, 1.54) is 0 Å².